The van der Waals surface area contributed by atoms with Crippen molar-refractivity contribution in [2.75, 3.05) is 6.61 Å². The first-order chi connectivity index (χ1) is 10.9. The van der Waals surface area contributed by atoms with Crippen molar-refractivity contribution >= 4 is 17.5 Å². The average molecular weight is 336 g/mol. The first-order valence-corrected chi connectivity index (χ1v) is 8.13. The van der Waals surface area contributed by atoms with Crippen LogP contribution >= 0.6 is 11.6 Å². The van der Waals surface area contributed by atoms with Crippen molar-refractivity contribution in [3.05, 3.63) is 29.3 Å². The fraction of sp³-hybridized carbons (Fsp3) is 0.471. The maximum Gasteiger partial charge on any atom is 0.336 e. The second-order valence-electron chi connectivity index (χ2n) is 6.34. The van der Waals surface area contributed by atoms with E-state index in [2.05, 4.69) is 10.1 Å². The van der Waals surface area contributed by atoms with E-state index in [1.807, 2.05) is 39.8 Å². The van der Waals surface area contributed by atoms with Crippen molar-refractivity contribution in [1.82, 2.24) is 14.8 Å². The van der Waals surface area contributed by atoms with Gasteiger partial charge in [0.15, 0.2) is 5.82 Å². The zero-order valence-electron chi connectivity index (χ0n) is 13.9. The summed E-state index contributed by atoms with van der Waals surface area (Å²) in [6.45, 7) is 8.56. The molecule has 2 rings (SSSR count). The normalized spacial score (nSPS) is 11.3. The molecule has 1 aromatic carbocycles. The molecule has 5 nitrogen and oxygen atoms in total. The smallest absolute Gasteiger partial charge is 0.336 e. The molecule has 0 aliphatic carbocycles. The molecule has 23 heavy (non-hydrogen) atoms. The van der Waals surface area contributed by atoms with Gasteiger partial charge in [0.1, 0.15) is 0 Å². The Bertz CT molecular complexity index is 680. The maximum atomic E-state index is 12.5. The van der Waals surface area contributed by atoms with E-state index in [1.54, 1.807) is 12.1 Å². The maximum absolute atomic E-state index is 12.5. The predicted molar refractivity (Wildman–Crippen MR) is 90.9 cm³/mol. The molecule has 0 radical (unpaired) electrons. The summed E-state index contributed by atoms with van der Waals surface area (Å²) in [6.07, 6.45) is 0.389. The van der Waals surface area contributed by atoms with Gasteiger partial charge in [-0.15, -0.1) is 5.10 Å². The SMILES string of the molecule is CC(C)COc1nc(-c2cccc(Cl)c2)n(C(=O)CC(C)C)n1. The fourth-order valence-electron chi connectivity index (χ4n) is 2.02. The monoisotopic (exact) mass is 335 g/mol. The second-order valence-corrected chi connectivity index (χ2v) is 6.77. The highest BCUT2D eigenvalue weighted by atomic mass is 35.5. The van der Waals surface area contributed by atoms with Crippen LogP contribution < -0.4 is 4.74 Å². The Morgan fingerprint density at radius 1 is 1.26 bits per heavy atom. The van der Waals surface area contributed by atoms with Crippen LogP contribution in [0.4, 0.5) is 0 Å². The van der Waals surface area contributed by atoms with Gasteiger partial charge in [-0.05, 0) is 24.0 Å². The third kappa shape index (κ3) is 4.79. The Labute approximate surface area is 141 Å². The van der Waals surface area contributed by atoms with Crippen LogP contribution in [0, 0.1) is 11.8 Å². The number of nitrogens with zero attached hydrogens (tertiary/aromatic N) is 3. The zero-order chi connectivity index (χ0) is 17.0. The largest absolute Gasteiger partial charge is 0.462 e. The number of aromatic nitrogens is 3. The van der Waals surface area contributed by atoms with Crippen molar-refractivity contribution in [3.8, 4) is 17.4 Å². The predicted octanol–water partition coefficient (Wildman–Crippen LogP) is 4.32. The highest BCUT2D eigenvalue weighted by molar-refractivity contribution is 6.30. The quantitative estimate of drug-likeness (QED) is 0.788. The lowest BCUT2D eigenvalue weighted by molar-refractivity contribution is 0.0870. The van der Waals surface area contributed by atoms with Gasteiger partial charge in [-0.2, -0.15) is 9.67 Å². The van der Waals surface area contributed by atoms with E-state index in [0.29, 0.717) is 29.8 Å². The van der Waals surface area contributed by atoms with E-state index in [-0.39, 0.29) is 17.8 Å². The zero-order valence-corrected chi connectivity index (χ0v) is 14.7. The molecule has 0 saturated heterocycles. The molecule has 0 atom stereocenters. The van der Waals surface area contributed by atoms with E-state index in [9.17, 15) is 4.79 Å². The molecule has 0 unspecified atom stereocenters. The van der Waals surface area contributed by atoms with Crippen molar-refractivity contribution in [2.24, 2.45) is 11.8 Å². The molecule has 0 aliphatic rings. The third-order valence-electron chi connectivity index (χ3n) is 3.04. The van der Waals surface area contributed by atoms with Crippen LogP contribution in [-0.2, 0) is 0 Å². The summed E-state index contributed by atoms with van der Waals surface area (Å²) in [6, 6.07) is 7.42. The Kier molecular flexibility index (Phi) is 5.77. The summed E-state index contributed by atoms with van der Waals surface area (Å²) in [4.78, 5) is 16.8. The number of hydrogen-bond acceptors (Lipinski definition) is 4. The molecule has 0 aliphatic heterocycles. The van der Waals surface area contributed by atoms with Crippen LogP contribution in [0.2, 0.25) is 5.02 Å². The molecule has 0 amide bonds. The summed E-state index contributed by atoms with van der Waals surface area (Å²) < 4.78 is 6.89. The van der Waals surface area contributed by atoms with Crippen LogP contribution in [-0.4, -0.2) is 27.3 Å². The van der Waals surface area contributed by atoms with E-state index in [1.165, 1.54) is 4.68 Å². The van der Waals surface area contributed by atoms with Crippen LogP contribution in [0.5, 0.6) is 6.01 Å². The van der Waals surface area contributed by atoms with E-state index < -0.39 is 0 Å². The van der Waals surface area contributed by atoms with Crippen LogP contribution in [0.25, 0.3) is 11.4 Å². The van der Waals surface area contributed by atoms with Gasteiger partial charge in [0.25, 0.3) is 0 Å². The minimum atomic E-state index is -0.109. The summed E-state index contributed by atoms with van der Waals surface area (Å²) in [5.41, 5.74) is 0.738. The molecule has 2 aromatic rings. The van der Waals surface area contributed by atoms with Crippen molar-refractivity contribution in [1.29, 1.82) is 0 Å². The number of halogens is 1. The van der Waals surface area contributed by atoms with Crippen LogP contribution in [0.1, 0.15) is 38.9 Å². The van der Waals surface area contributed by atoms with Gasteiger partial charge < -0.3 is 4.74 Å². The highest BCUT2D eigenvalue weighted by Gasteiger charge is 2.19. The second kappa shape index (κ2) is 7.59. The number of benzene rings is 1. The molecule has 0 spiro atoms. The molecule has 1 heterocycles. The van der Waals surface area contributed by atoms with E-state index in [0.717, 1.165) is 5.56 Å². The minimum absolute atomic E-state index is 0.109. The van der Waals surface area contributed by atoms with E-state index >= 15 is 0 Å². The molecular formula is C17H22ClN3O2. The molecule has 0 fully saturated rings. The third-order valence-corrected chi connectivity index (χ3v) is 3.27. The van der Waals surface area contributed by atoms with Gasteiger partial charge >= 0.3 is 6.01 Å². The Hall–Kier alpha value is -1.88. The number of ether oxygens (including phenoxy) is 1. The van der Waals surface area contributed by atoms with Crippen LogP contribution in [0.3, 0.4) is 0 Å². The Morgan fingerprint density at radius 3 is 2.61 bits per heavy atom. The molecule has 1 aromatic heterocycles. The highest BCUT2D eigenvalue weighted by Crippen LogP contribution is 2.24. The first-order valence-electron chi connectivity index (χ1n) is 7.75. The van der Waals surface area contributed by atoms with Crippen molar-refractivity contribution in [3.63, 3.8) is 0 Å². The standard InChI is InChI=1S/C17H22ClN3O2/c1-11(2)8-15(22)21-16(13-6-5-7-14(18)9-13)19-17(20-21)23-10-12(3)4/h5-7,9,11-12H,8,10H2,1-4H3. The topological polar surface area (TPSA) is 57.0 Å². The van der Waals surface area contributed by atoms with Gasteiger partial charge in [-0.3, -0.25) is 4.79 Å². The fourth-order valence-corrected chi connectivity index (χ4v) is 2.21. The van der Waals surface area contributed by atoms with E-state index in [4.69, 9.17) is 16.3 Å². The van der Waals surface area contributed by atoms with Gasteiger partial charge in [0.05, 0.1) is 6.61 Å². The molecule has 6 heteroatoms. The van der Waals surface area contributed by atoms with Crippen molar-refractivity contribution < 1.29 is 9.53 Å². The van der Waals surface area contributed by atoms with Gasteiger partial charge in [-0.25, -0.2) is 0 Å². The van der Waals surface area contributed by atoms with Gasteiger partial charge in [0.2, 0.25) is 5.91 Å². The summed E-state index contributed by atoms with van der Waals surface area (Å²) in [7, 11) is 0. The lowest BCUT2D eigenvalue weighted by atomic mass is 10.1. The lowest BCUT2D eigenvalue weighted by Crippen LogP contribution is -2.16. The Morgan fingerprint density at radius 2 is 2.00 bits per heavy atom. The summed E-state index contributed by atoms with van der Waals surface area (Å²) in [5.74, 6) is 0.931. The Balaban J connectivity index is 2.39. The van der Waals surface area contributed by atoms with Gasteiger partial charge in [-0.1, -0.05) is 51.4 Å². The number of hydrogen-bond donors (Lipinski definition) is 0. The minimum Gasteiger partial charge on any atom is -0.462 e. The first kappa shape index (κ1) is 17.5. The summed E-state index contributed by atoms with van der Waals surface area (Å²) in [5, 5.41) is 4.81. The summed E-state index contributed by atoms with van der Waals surface area (Å²) >= 11 is 6.05. The van der Waals surface area contributed by atoms with Crippen LogP contribution in [0.15, 0.2) is 24.3 Å². The number of carbonyl (C=O) groups is 1. The molecule has 0 bridgehead atoms. The number of rotatable bonds is 6. The molecular weight excluding hydrogens is 314 g/mol. The lowest BCUT2D eigenvalue weighted by Gasteiger charge is -2.06. The number of carbonyl (C=O) groups excluding carboxylic acids is 1. The molecule has 124 valence electrons. The average Bonchev–Trinajstić information content (AvgIpc) is 2.89. The van der Waals surface area contributed by atoms with Crippen molar-refractivity contribution in [2.45, 2.75) is 34.1 Å². The molecule has 0 saturated carbocycles. The molecule has 0 N–H and O–H groups in total. The van der Waals surface area contributed by atoms with Gasteiger partial charge in [0, 0.05) is 17.0 Å².